The molecule has 0 saturated carbocycles. The lowest BCUT2D eigenvalue weighted by atomic mass is 9.98. The maximum absolute atomic E-state index is 8.81. The average Bonchev–Trinajstić information content (AvgIpc) is 1.90. The normalized spacial score (nSPS) is 11.8. The van der Waals surface area contributed by atoms with Crippen LogP contribution in [0.3, 0.4) is 0 Å². The van der Waals surface area contributed by atoms with Crippen molar-refractivity contribution < 1.29 is 4.79 Å². The van der Waals surface area contributed by atoms with Gasteiger partial charge in [0.15, 0.2) is 0 Å². The molecule has 68 valence electrons. The van der Waals surface area contributed by atoms with Crippen LogP contribution in [0.25, 0.3) is 0 Å². The van der Waals surface area contributed by atoms with Crippen molar-refractivity contribution in [2.24, 2.45) is 11.8 Å². The third-order valence-electron chi connectivity index (χ3n) is 1.66. The van der Waals surface area contributed by atoms with Gasteiger partial charge in [0.25, 0.3) is 0 Å². The summed E-state index contributed by atoms with van der Waals surface area (Å²) >= 11 is 0. The first-order chi connectivity index (χ1) is 5.09. The molecule has 2 heteroatoms. The molecule has 0 aromatic carbocycles. The molecule has 0 saturated heterocycles. The van der Waals surface area contributed by atoms with Crippen LogP contribution in [0.1, 0.15) is 27.7 Å². The zero-order chi connectivity index (χ0) is 9.28. The van der Waals surface area contributed by atoms with Crippen LogP contribution in [0.2, 0.25) is 0 Å². The van der Waals surface area contributed by atoms with Gasteiger partial charge in [-0.2, -0.15) is 0 Å². The van der Waals surface area contributed by atoms with Gasteiger partial charge in [-0.15, -0.1) is 0 Å². The third-order valence-corrected chi connectivity index (χ3v) is 1.66. The van der Waals surface area contributed by atoms with Crippen LogP contribution in [-0.2, 0) is 4.79 Å². The Labute approximate surface area is 70.4 Å². The molecule has 1 atom stereocenters. The minimum atomic E-state index is 0.750. The van der Waals surface area contributed by atoms with Crippen molar-refractivity contribution in [2.75, 3.05) is 13.6 Å². The van der Waals surface area contributed by atoms with Gasteiger partial charge in [-0.05, 0) is 32.4 Å². The van der Waals surface area contributed by atoms with Crippen LogP contribution in [-0.4, -0.2) is 19.9 Å². The van der Waals surface area contributed by atoms with Crippen molar-refractivity contribution >= 4 is 6.29 Å². The fraction of sp³-hybridized carbons (Fsp3) is 0.889. The van der Waals surface area contributed by atoms with Crippen molar-refractivity contribution in [3.63, 3.8) is 0 Å². The van der Waals surface area contributed by atoms with Gasteiger partial charge in [0, 0.05) is 0 Å². The molecule has 0 radical (unpaired) electrons. The van der Waals surface area contributed by atoms with E-state index < -0.39 is 0 Å². The second-order valence-corrected chi connectivity index (χ2v) is 3.01. The lowest BCUT2D eigenvalue weighted by Gasteiger charge is -2.13. The highest BCUT2D eigenvalue weighted by Crippen LogP contribution is 2.06. The summed E-state index contributed by atoms with van der Waals surface area (Å²) < 4.78 is 0. The van der Waals surface area contributed by atoms with E-state index in [0.29, 0.717) is 0 Å². The van der Waals surface area contributed by atoms with Crippen molar-refractivity contribution in [2.45, 2.75) is 27.7 Å². The summed E-state index contributed by atoms with van der Waals surface area (Å²) in [6, 6.07) is 0. The standard InChI is InChI=1S/C7H17N.C2H4O/c1-6(2)7(3)5-8-4;1-2-3/h6-8H,5H2,1-4H3;2H,1H3. The average molecular weight is 159 g/mol. The Morgan fingerprint density at radius 1 is 1.36 bits per heavy atom. The molecule has 0 rings (SSSR count). The summed E-state index contributed by atoms with van der Waals surface area (Å²) in [6.07, 6.45) is 0.750. The molecular formula is C9H21NO. The summed E-state index contributed by atoms with van der Waals surface area (Å²) in [6.45, 7) is 9.35. The van der Waals surface area contributed by atoms with Gasteiger partial charge in [-0.1, -0.05) is 20.8 Å². The number of nitrogens with one attached hydrogen (secondary N) is 1. The van der Waals surface area contributed by atoms with Crippen LogP contribution in [0, 0.1) is 11.8 Å². The second-order valence-electron chi connectivity index (χ2n) is 3.01. The van der Waals surface area contributed by atoms with E-state index in [9.17, 15) is 0 Å². The number of carbonyl (C=O) groups is 1. The predicted molar refractivity (Wildman–Crippen MR) is 49.7 cm³/mol. The number of hydrogen-bond donors (Lipinski definition) is 1. The van der Waals surface area contributed by atoms with E-state index in [4.69, 9.17) is 4.79 Å². The summed E-state index contributed by atoms with van der Waals surface area (Å²) in [4.78, 5) is 8.81. The number of hydrogen-bond acceptors (Lipinski definition) is 2. The Morgan fingerprint density at radius 2 is 1.73 bits per heavy atom. The highest BCUT2D eigenvalue weighted by atomic mass is 16.1. The van der Waals surface area contributed by atoms with Crippen LogP contribution >= 0.6 is 0 Å². The Hall–Kier alpha value is -0.370. The lowest BCUT2D eigenvalue weighted by Crippen LogP contribution is -2.20. The topological polar surface area (TPSA) is 29.1 Å². The largest absolute Gasteiger partial charge is 0.319 e. The molecule has 0 aliphatic heterocycles. The van der Waals surface area contributed by atoms with Gasteiger partial charge in [0.2, 0.25) is 0 Å². The fourth-order valence-electron chi connectivity index (χ4n) is 0.558. The molecule has 0 aromatic rings. The smallest absolute Gasteiger partial charge is 0.116 e. The summed E-state index contributed by atoms with van der Waals surface area (Å²) in [5.41, 5.74) is 0. The van der Waals surface area contributed by atoms with E-state index >= 15 is 0 Å². The molecule has 0 amide bonds. The van der Waals surface area contributed by atoms with E-state index in [2.05, 4.69) is 26.1 Å². The highest BCUT2D eigenvalue weighted by molar-refractivity contribution is 5.44. The molecule has 1 N–H and O–H groups in total. The quantitative estimate of drug-likeness (QED) is 0.635. The minimum Gasteiger partial charge on any atom is -0.319 e. The molecule has 1 unspecified atom stereocenters. The highest BCUT2D eigenvalue weighted by Gasteiger charge is 2.03. The zero-order valence-corrected chi connectivity index (χ0v) is 8.35. The van der Waals surface area contributed by atoms with Crippen molar-refractivity contribution in [3.05, 3.63) is 0 Å². The Balaban J connectivity index is 0. The Kier molecular flexibility index (Phi) is 11.6. The van der Waals surface area contributed by atoms with Crippen LogP contribution in [0.15, 0.2) is 0 Å². The maximum atomic E-state index is 8.81. The lowest BCUT2D eigenvalue weighted by molar-refractivity contribution is -0.106. The molecule has 0 aromatic heterocycles. The van der Waals surface area contributed by atoms with E-state index in [0.717, 1.165) is 24.7 Å². The molecule has 11 heavy (non-hydrogen) atoms. The maximum Gasteiger partial charge on any atom is 0.116 e. The predicted octanol–water partition coefficient (Wildman–Crippen LogP) is 1.70. The number of carbonyl (C=O) groups excluding carboxylic acids is 1. The Morgan fingerprint density at radius 3 is 1.82 bits per heavy atom. The number of rotatable bonds is 3. The van der Waals surface area contributed by atoms with Crippen molar-refractivity contribution in [1.82, 2.24) is 5.32 Å². The molecule has 0 heterocycles. The molecule has 0 aliphatic carbocycles. The first-order valence-corrected chi connectivity index (χ1v) is 4.14. The summed E-state index contributed by atoms with van der Waals surface area (Å²) in [7, 11) is 2.00. The van der Waals surface area contributed by atoms with Gasteiger partial charge in [-0.3, -0.25) is 0 Å². The molecule has 0 bridgehead atoms. The van der Waals surface area contributed by atoms with Gasteiger partial charge in [0.05, 0.1) is 0 Å². The van der Waals surface area contributed by atoms with Crippen molar-refractivity contribution in [3.8, 4) is 0 Å². The third kappa shape index (κ3) is 12.8. The molecule has 0 fully saturated rings. The first kappa shape index (κ1) is 13.2. The van der Waals surface area contributed by atoms with E-state index in [1.807, 2.05) is 7.05 Å². The molecular weight excluding hydrogens is 138 g/mol. The SMILES string of the molecule is CC=O.CNCC(C)C(C)C. The fourth-order valence-corrected chi connectivity index (χ4v) is 0.558. The van der Waals surface area contributed by atoms with Crippen LogP contribution < -0.4 is 5.32 Å². The minimum absolute atomic E-state index is 0.750. The van der Waals surface area contributed by atoms with Crippen LogP contribution in [0.5, 0.6) is 0 Å². The Bertz CT molecular complexity index is 81.6. The summed E-state index contributed by atoms with van der Waals surface area (Å²) in [5, 5.41) is 3.15. The second kappa shape index (κ2) is 9.63. The molecule has 0 spiro atoms. The van der Waals surface area contributed by atoms with Crippen LogP contribution in [0.4, 0.5) is 0 Å². The van der Waals surface area contributed by atoms with E-state index in [-0.39, 0.29) is 0 Å². The van der Waals surface area contributed by atoms with E-state index in [1.165, 1.54) is 6.92 Å². The molecule has 2 nitrogen and oxygen atoms in total. The van der Waals surface area contributed by atoms with Crippen molar-refractivity contribution in [1.29, 1.82) is 0 Å². The van der Waals surface area contributed by atoms with E-state index in [1.54, 1.807) is 0 Å². The van der Waals surface area contributed by atoms with Gasteiger partial charge in [-0.25, -0.2) is 0 Å². The first-order valence-electron chi connectivity index (χ1n) is 4.14. The van der Waals surface area contributed by atoms with Gasteiger partial charge in [0.1, 0.15) is 6.29 Å². The van der Waals surface area contributed by atoms with Gasteiger partial charge < -0.3 is 10.1 Å². The number of aldehydes is 1. The monoisotopic (exact) mass is 159 g/mol. The zero-order valence-electron chi connectivity index (χ0n) is 8.35. The molecule has 0 aliphatic rings. The summed E-state index contributed by atoms with van der Waals surface area (Å²) in [5.74, 6) is 1.61. The van der Waals surface area contributed by atoms with Gasteiger partial charge >= 0.3 is 0 Å².